The molecule has 0 aliphatic rings. The van der Waals surface area contributed by atoms with Crippen LogP contribution in [-0.2, 0) is 19.7 Å². The number of carbonyl (C=O) groups excluding carboxylic acids is 1. The van der Waals surface area contributed by atoms with Crippen LogP contribution in [-0.4, -0.2) is 32.8 Å². The Kier molecular flexibility index (Phi) is 6.68. The first-order valence-corrected chi connectivity index (χ1v) is 7.04. The molecule has 0 radical (unpaired) electrons. The Bertz CT molecular complexity index is 433. The van der Waals surface area contributed by atoms with Gasteiger partial charge in [0.1, 0.15) is 5.41 Å². The van der Waals surface area contributed by atoms with E-state index < -0.39 is 5.41 Å². The molecule has 0 fully saturated rings. The Morgan fingerprint density at radius 3 is 2.70 bits per heavy atom. The van der Waals surface area contributed by atoms with Crippen molar-refractivity contribution in [2.75, 3.05) is 26.9 Å². The summed E-state index contributed by atoms with van der Waals surface area (Å²) in [6.45, 7) is 5.49. The minimum atomic E-state index is -0.780. The minimum Gasteiger partial charge on any atom is -0.468 e. The first kappa shape index (κ1) is 16.7. The Labute approximate surface area is 121 Å². The minimum absolute atomic E-state index is 0.231. The lowest BCUT2D eigenvalue weighted by Gasteiger charge is -2.30. The molecule has 1 aromatic carbocycles. The lowest BCUT2D eigenvalue weighted by molar-refractivity contribution is -0.147. The summed E-state index contributed by atoms with van der Waals surface area (Å²) in [5.74, 6) is -0.276. The van der Waals surface area contributed by atoms with Gasteiger partial charge >= 0.3 is 5.97 Å². The maximum absolute atomic E-state index is 12.3. The lowest BCUT2D eigenvalue weighted by Crippen LogP contribution is -2.44. The van der Waals surface area contributed by atoms with Gasteiger partial charge in [0.2, 0.25) is 0 Å². The summed E-state index contributed by atoms with van der Waals surface area (Å²) < 4.78 is 10.4. The average molecular weight is 279 g/mol. The van der Waals surface area contributed by atoms with E-state index in [1.54, 1.807) is 0 Å². The normalized spacial score (nSPS) is 13.8. The zero-order valence-electron chi connectivity index (χ0n) is 12.6. The van der Waals surface area contributed by atoms with Crippen LogP contribution in [0, 0.1) is 6.92 Å². The summed E-state index contributed by atoms with van der Waals surface area (Å²) in [7, 11) is 1.41. The molecule has 20 heavy (non-hydrogen) atoms. The maximum atomic E-state index is 12.3. The molecule has 0 saturated carbocycles. The number of hydrogen-bond donors (Lipinski definition) is 1. The van der Waals surface area contributed by atoms with E-state index in [2.05, 4.69) is 0 Å². The van der Waals surface area contributed by atoms with Gasteiger partial charge in [0.15, 0.2) is 0 Å². The van der Waals surface area contributed by atoms with Crippen molar-refractivity contribution < 1.29 is 14.3 Å². The molecule has 4 heteroatoms. The van der Waals surface area contributed by atoms with Gasteiger partial charge in [-0.3, -0.25) is 4.79 Å². The molecule has 0 aliphatic carbocycles. The molecule has 0 aromatic heterocycles. The average Bonchev–Trinajstić information content (AvgIpc) is 2.47. The Balaban J connectivity index is 3.02. The third kappa shape index (κ3) is 3.81. The molecule has 0 amide bonds. The fraction of sp³-hybridized carbons (Fsp3) is 0.562. The van der Waals surface area contributed by atoms with Gasteiger partial charge in [0.25, 0.3) is 0 Å². The molecule has 1 unspecified atom stereocenters. The fourth-order valence-corrected chi connectivity index (χ4v) is 2.43. The smallest absolute Gasteiger partial charge is 0.317 e. The van der Waals surface area contributed by atoms with E-state index in [1.165, 1.54) is 7.11 Å². The largest absolute Gasteiger partial charge is 0.468 e. The van der Waals surface area contributed by atoms with Gasteiger partial charge in [-0.15, -0.1) is 0 Å². The molecule has 112 valence electrons. The zero-order chi connectivity index (χ0) is 15.0. The van der Waals surface area contributed by atoms with Gasteiger partial charge in [0, 0.05) is 19.8 Å². The van der Waals surface area contributed by atoms with Crippen molar-refractivity contribution in [2.45, 2.75) is 32.1 Å². The van der Waals surface area contributed by atoms with Crippen LogP contribution in [0.25, 0.3) is 0 Å². The molecule has 0 bridgehead atoms. The van der Waals surface area contributed by atoms with Crippen molar-refractivity contribution in [1.29, 1.82) is 0 Å². The van der Waals surface area contributed by atoms with Crippen LogP contribution < -0.4 is 5.73 Å². The van der Waals surface area contributed by atoms with Crippen LogP contribution in [0.2, 0.25) is 0 Å². The number of aryl methyl sites for hydroxylation is 1. The molecule has 1 rings (SSSR count). The third-order valence-electron chi connectivity index (χ3n) is 3.59. The highest BCUT2D eigenvalue weighted by atomic mass is 16.5. The van der Waals surface area contributed by atoms with Crippen LogP contribution in [0.15, 0.2) is 24.3 Å². The van der Waals surface area contributed by atoms with E-state index >= 15 is 0 Å². The fourth-order valence-electron chi connectivity index (χ4n) is 2.43. The van der Waals surface area contributed by atoms with Crippen LogP contribution >= 0.6 is 0 Å². The van der Waals surface area contributed by atoms with E-state index in [1.807, 2.05) is 38.1 Å². The number of benzene rings is 1. The Morgan fingerprint density at radius 2 is 2.15 bits per heavy atom. The predicted octanol–water partition coefficient (Wildman–Crippen LogP) is 2.18. The van der Waals surface area contributed by atoms with Gasteiger partial charge in [-0.25, -0.2) is 0 Å². The van der Waals surface area contributed by atoms with Crippen molar-refractivity contribution >= 4 is 5.97 Å². The van der Waals surface area contributed by atoms with Crippen molar-refractivity contribution in [2.24, 2.45) is 5.73 Å². The molecule has 0 heterocycles. The summed E-state index contributed by atoms with van der Waals surface area (Å²) in [6, 6.07) is 7.89. The number of methoxy groups -OCH3 is 1. The molecule has 1 aromatic rings. The number of nitrogens with two attached hydrogens (primary N) is 1. The Hall–Kier alpha value is -1.39. The predicted molar refractivity (Wildman–Crippen MR) is 79.7 cm³/mol. The molecule has 0 spiro atoms. The SMILES string of the molecule is CCOCCCC(CN)(C(=O)OC)c1cccc(C)c1. The number of rotatable bonds is 8. The summed E-state index contributed by atoms with van der Waals surface area (Å²) in [4.78, 5) is 12.3. The van der Waals surface area contributed by atoms with E-state index in [-0.39, 0.29) is 12.5 Å². The van der Waals surface area contributed by atoms with E-state index in [9.17, 15) is 4.79 Å². The van der Waals surface area contributed by atoms with Crippen LogP contribution in [0.1, 0.15) is 30.9 Å². The quantitative estimate of drug-likeness (QED) is 0.585. The summed E-state index contributed by atoms with van der Waals surface area (Å²) >= 11 is 0. The molecule has 0 aliphatic heterocycles. The second kappa shape index (κ2) is 8.02. The molecule has 0 saturated heterocycles. The first-order chi connectivity index (χ1) is 9.60. The van der Waals surface area contributed by atoms with Gasteiger partial charge in [-0.05, 0) is 32.3 Å². The van der Waals surface area contributed by atoms with Gasteiger partial charge in [0.05, 0.1) is 7.11 Å². The maximum Gasteiger partial charge on any atom is 0.317 e. The van der Waals surface area contributed by atoms with E-state index in [0.29, 0.717) is 19.6 Å². The molecule has 4 nitrogen and oxygen atoms in total. The summed E-state index contributed by atoms with van der Waals surface area (Å²) in [6.07, 6.45) is 1.40. The van der Waals surface area contributed by atoms with Crippen molar-refractivity contribution in [3.8, 4) is 0 Å². The topological polar surface area (TPSA) is 61.5 Å². The van der Waals surface area contributed by atoms with Crippen LogP contribution in [0.5, 0.6) is 0 Å². The van der Waals surface area contributed by atoms with E-state index in [4.69, 9.17) is 15.2 Å². The summed E-state index contributed by atoms with van der Waals surface area (Å²) in [5.41, 5.74) is 7.18. The van der Waals surface area contributed by atoms with Crippen LogP contribution in [0.4, 0.5) is 0 Å². The van der Waals surface area contributed by atoms with Gasteiger partial charge < -0.3 is 15.2 Å². The summed E-state index contributed by atoms with van der Waals surface area (Å²) in [5, 5.41) is 0. The first-order valence-electron chi connectivity index (χ1n) is 7.04. The molecular weight excluding hydrogens is 254 g/mol. The van der Waals surface area contributed by atoms with Crippen molar-refractivity contribution in [3.63, 3.8) is 0 Å². The van der Waals surface area contributed by atoms with Gasteiger partial charge in [-0.1, -0.05) is 29.8 Å². The van der Waals surface area contributed by atoms with Gasteiger partial charge in [-0.2, -0.15) is 0 Å². The van der Waals surface area contributed by atoms with Crippen molar-refractivity contribution in [3.05, 3.63) is 35.4 Å². The molecule has 2 N–H and O–H groups in total. The van der Waals surface area contributed by atoms with Crippen LogP contribution in [0.3, 0.4) is 0 Å². The number of carbonyl (C=O) groups is 1. The highest BCUT2D eigenvalue weighted by Gasteiger charge is 2.39. The highest BCUT2D eigenvalue weighted by molar-refractivity contribution is 5.83. The number of hydrogen-bond acceptors (Lipinski definition) is 4. The van der Waals surface area contributed by atoms with Crippen molar-refractivity contribution in [1.82, 2.24) is 0 Å². The number of esters is 1. The standard InChI is InChI=1S/C16H25NO3/c1-4-20-10-6-9-16(12-17,15(18)19-3)14-8-5-7-13(2)11-14/h5,7-8,11H,4,6,9-10,12,17H2,1-3H3. The second-order valence-corrected chi connectivity index (χ2v) is 4.95. The monoisotopic (exact) mass is 279 g/mol. The zero-order valence-corrected chi connectivity index (χ0v) is 12.6. The molecular formula is C16H25NO3. The molecule has 1 atom stereocenters. The second-order valence-electron chi connectivity index (χ2n) is 4.95. The third-order valence-corrected chi connectivity index (χ3v) is 3.59. The van der Waals surface area contributed by atoms with E-state index in [0.717, 1.165) is 17.5 Å². The number of ether oxygens (including phenoxy) is 2. The lowest BCUT2D eigenvalue weighted by atomic mass is 9.76. The highest BCUT2D eigenvalue weighted by Crippen LogP contribution is 2.30. The Morgan fingerprint density at radius 1 is 1.40 bits per heavy atom.